The predicted octanol–water partition coefficient (Wildman–Crippen LogP) is 3.72. The normalized spacial score (nSPS) is 17.0. The van der Waals surface area contributed by atoms with Crippen LogP contribution in [0.3, 0.4) is 0 Å². The fourth-order valence-electron chi connectivity index (χ4n) is 4.70. The molecular weight excluding hydrogens is 664 g/mol. The molecule has 2 aromatic carbocycles. The predicted molar refractivity (Wildman–Crippen MR) is 132 cm³/mol. The standard InChI is InChI=1S/C21H24N5O2.C6H5.U/c1-2-17(27)25-12-9-14(10-13-25)16-8-11-23-21-18(20(22)28)19(24-26(16)21)15-6-4-3-5-7-15;1-2-4-6-5-3-1;/h2,4-7,14,16,23H,1,8-13H2,(H2,22,28);1-5H;/q2*-1;+2/t16-;;/m0../s1. The SMILES string of the molecule is C=CC(=O)N1CCC([C@@H]2CCNc3c(C(N)=O)c(-c4cc[c-]cc4)nn32)CC1.[U+2].[c-]1ccccc1. The third-order valence-corrected chi connectivity index (χ3v) is 6.37. The number of nitrogens with one attached hydrogen (secondary N) is 1. The van der Waals surface area contributed by atoms with Crippen molar-refractivity contribution >= 4 is 17.6 Å². The van der Waals surface area contributed by atoms with Crippen LogP contribution in [-0.2, 0) is 4.79 Å². The topological polar surface area (TPSA) is 93.2 Å². The molecule has 2 amide bonds. The van der Waals surface area contributed by atoms with Crippen LogP contribution in [0.4, 0.5) is 5.82 Å². The van der Waals surface area contributed by atoms with Crippen LogP contribution in [0, 0.1) is 49.2 Å². The molecule has 0 saturated carbocycles. The Hall–Kier alpha value is -2.82. The third kappa shape index (κ3) is 6.25. The molecule has 178 valence electrons. The summed E-state index contributed by atoms with van der Waals surface area (Å²) in [4.78, 5) is 25.9. The first-order valence-corrected chi connectivity index (χ1v) is 11.5. The molecule has 0 unspecified atom stereocenters. The molecule has 1 aromatic heterocycles. The van der Waals surface area contributed by atoms with E-state index >= 15 is 0 Å². The molecule has 0 spiro atoms. The minimum absolute atomic E-state index is 0. The first kappa shape index (κ1) is 26.8. The van der Waals surface area contributed by atoms with Gasteiger partial charge in [-0.25, -0.2) is 4.68 Å². The molecule has 3 N–H and O–H groups in total. The Labute approximate surface area is 230 Å². The van der Waals surface area contributed by atoms with Gasteiger partial charge in [0.2, 0.25) is 5.91 Å². The average molecular weight is 694 g/mol. The Morgan fingerprint density at radius 1 is 1.06 bits per heavy atom. The van der Waals surface area contributed by atoms with E-state index in [0.717, 1.165) is 44.5 Å². The van der Waals surface area contributed by atoms with E-state index in [2.05, 4.69) is 24.0 Å². The number of piperidine rings is 1. The van der Waals surface area contributed by atoms with Crippen LogP contribution >= 0.6 is 0 Å². The first-order valence-electron chi connectivity index (χ1n) is 11.5. The number of nitrogens with zero attached hydrogens (tertiary/aromatic N) is 3. The summed E-state index contributed by atoms with van der Waals surface area (Å²) in [7, 11) is 0. The van der Waals surface area contributed by atoms with E-state index in [1.54, 1.807) is 12.1 Å². The van der Waals surface area contributed by atoms with E-state index in [4.69, 9.17) is 10.8 Å². The number of primary amides is 1. The summed E-state index contributed by atoms with van der Waals surface area (Å²) in [6.07, 6.45) is 4.12. The van der Waals surface area contributed by atoms with E-state index < -0.39 is 5.91 Å². The Morgan fingerprint density at radius 3 is 2.26 bits per heavy atom. The van der Waals surface area contributed by atoms with Crippen molar-refractivity contribution in [2.75, 3.05) is 25.0 Å². The van der Waals surface area contributed by atoms with E-state index in [1.807, 2.05) is 52.0 Å². The fourth-order valence-corrected chi connectivity index (χ4v) is 4.70. The van der Waals surface area contributed by atoms with Gasteiger partial charge >= 0.3 is 31.1 Å². The molecule has 7 nitrogen and oxygen atoms in total. The van der Waals surface area contributed by atoms with Gasteiger partial charge in [-0.3, -0.25) is 9.59 Å². The maximum atomic E-state index is 12.2. The molecular formula is C27H29N5O2U. The molecule has 8 heteroatoms. The van der Waals surface area contributed by atoms with Crippen molar-refractivity contribution in [2.24, 2.45) is 11.7 Å². The number of likely N-dealkylation sites (tertiary alicyclic amines) is 1. The molecule has 3 heterocycles. The number of hydrogen-bond acceptors (Lipinski definition) is 4. The number of anilines is 1. The van der Waals surface area contributed by atoms with Gasteiger partial charge in [0.25, 0.3) is 5.91 Å². The zero-order valence-electron chi connectivity index (χ0n) is 19.6. The van der Waals surface area contributed by atoms with Crippen molar-refractivity contribution in [3.05, 3.63) is 84.9 Å². The second-order valence-electron chi connectivity index (χ2n) is 8.40. The Kier molecular flexibility index (Phi) is 9.76. The average Bonchev–Trinajstić information content (AvgIpc) is 3.30. The number of nitrogens with two attached hydrogens (primary N) is 1. The van der Waals surface area contributed by atoms with Gasteiger partial charge in [-0.1, -0.05) is 6.58 Å². The number of hydrogen-bond donors (Lipinski definition) is 2. The maximum absolute atomic E-state index is 12.2. The number of carbonyl (C=O) groups is 2. The molecule has 5 rings (SSSR count). The third-order valence-electron chi connectivity index (χ3n) is 6.37. The quantitative estimate of drug-likeness (QED) is 0.322. The number of amides is 2. The second-order valence-corrected chi connectivity index (χ2v) is 8.40. The summed E-state index contributed by atoms with van der Waals surface area (Å²) in [5.74, 6) is 0.606. The van der Waals surface area contributed by atoms with E-state index in [1.165, 1.54) is 6.08 Å². The summed E-state index contributed by atoms with van der Waals surface area (Å²) in [6, 6.07) is 23.0. The summed E-state index contributed by atoms with van der Waals surface area (Å²) in [5, 5.41) is 8.13. The van der Waals surface area contributed by atoms with Crippen molar-refractivity contribution in [3.63, 3.8) is 0 Å². The summed E-state index contributed by atoms with van der Waals surface area (Å²) < 4.78 is 1.95. The second kappa shape index (κ2) is 12.8. The smallest absolute Gasteiger partial charge is 0.370 e. The molecule has 3 aromatic rings. The minimum atomic E-state index is -0.483. The molecule has 0 bridgehead atoms. The number of aromatic nitrogens is 2. The van der Waals surface area contributed by atoms with E-state index in [9.17, 15) is 9.59 Å². The van der Waals surface area contributed by atoms with Crippen molar-refractivity contribution in [2.45, 2.75) is 25.3 Å². The minimum Gasteiger partial charge on any atom is -0.370 e. The fraction of sp³-hybridized carbons (Fsp3) is 0.296. The maximum Gasteiger partial charge on any atom is 2.00 e. The Morgan fingerprint density at radius 2 is 1.71 bits per heavy atom. The van der Waals surface area contributed by atoms with E-state index in [-0.39, 0.29) is 43.1 Å². The van der Waals surface area contributed by atoms with Gasteiger partial charge in [0.05, 0.1) is 11.7 Å². The zero-order chi connectivity index (χ0) is 23.9. The molecule has 1 fully saturated rings. The molecule has 2 aliphatic rings. The van der Waals surface area contributed by atoms with Crippen LogP contribution in [0.15, 0.2) is 67.3 Å². The van der Waals surface area contributed by atoms with Gasteiger partial charge in [-0.15, -0.1) is 5.56 Å². The van der Waals surface area contributed by atoms with Crippen molar-refractivity contribution in [3.8, 4) is 11.3 Å². The molecule has 0 radical (unpaired) electrons. The number of fused-ring (bicyclic) bond motifs is 1. The van der Waals surface area contributed by atoms with Gasteiger partial charge in [0.1, 0.15) is 11.4 Å². The summed E-state index contributed by atoms with van der Waals surface area (Å²) >= 11 is 0. The summed E-state index contributed by atoms with van der Waals surface area (Å²) in [5.41, 5.74) is 7.61. The number of benzene rings is 2. The van der Waals surface area contributed by atoms with Crippen molar-refractivity contribution in [1.29, 1.82) is 0 Å². The van der Waals surface area contributed by atoms with Crippen LogP contribution in [0.1, 0.15) is 35.7 Å². The Bertz CT molecular complexity index is 1100. The van der Waals surface area contributed by atoms with Gasteiger partial charge < -0.3 is 16.0 Å². The molecule has 2 aliphatic heterocycles. The van der Waals surface area contributed by atoms with Crippen LogP contribution in [0.5, 0.6) is 0 Å². The van der Waals surface area contributed by atoms with Crippen LogP contribution in [0.25, 0.3) is 11.3 Å². The van der Waals surface area contributed by atoms with E-state index in [0.29, 0.717) is 23.0 Å². The van der Waals surface area contributed by atoms with Gasteiger partial charge in [-0.05, 0) is 31.3 Å². The van der Waals surface area contributed by atoms with Crippen molar-refractivity contribution in [1.82, 2.24) is 14.7 Å². The summed E-state index contributed by atoms with van der Waals surface area (Å²) in [6.45, 7) is 5.79. The first-order chi connectivity index (χ1) is 16.6. The van der Waals surface area contributed by atoms with Gasteiger partial charge in [-0.2, -0.15) is 71.8 Å². The molecule has 1 atom stereocenters. The zero-order valence-corrected chi connectivity index (χ0v) is 23.8. The molecule has 35 heavy (non-hydrogen) atoms. The van der Waals surface area contributed by atoms with Crippen molar-refractivity contribution < 1.29 is 40.7 Å². The molecule has 1 saturated heterocycles. The van der Waals surface area contributed by atoms with Crippen LogP contribution in [-0.4, -0.2) is 46.1 Å². The van der Waals surface area contributed by atoms with Crippen LogP contribution < -0.4 is 11.1 Å². The number of rotatable bonds is 4. The molecule has 0 aliphatic carbocycles. The number of carbonyl (C=O) groups excluding carboxylic acids is 2. The monoisotopic (exact) mass is 693 g/mol. The van der Waals surface area contributed by atoms with Crippen LogP contribution in [0.2, 0.25) is 0 Å². The Balaban J connectivity index is 0.000000429. The van der Waals surface area contributed by atoms with Gasteiger partial charge in [0, 0.05) is 19.6 Å². The van der Waals surface area contributed by atoms with Gasteiger partial charge in [0.15, 0.2) is 0 Å². The largest absolute Gasteiger partial charge is 2.00 e.